The second-order valence-corrected chi connectivity index (χ2v) is 1.65. The molecule has 0 N–H and O–H groups in total. The van der Waals surface area contributed by atoms with Crippen molar-refractivity contribution >= 4 is 37.8 Å². The van der Waals surface area contributed by atoms with Crippen LogP contribution < -0.4 is 10.2 Å². The van der Waals surface area contributed by atoms with Crippen LogP contribution >= 0.6 is 0 Å². The van der Waals surface area contributed by atoms with Gasteiger partial charge in [-0.15, -0.1) is 0 Å². The Hall–Kier alpha value is -1.97. The Balaban J connectivity index is -0.0000000250. The van der Waals surface area contributed by atoms with Gasteiger partial charge in [-0.1, -0.05) is 0 Å². The molecular weight excluding hydrogens is 478 g/mol. The summed E-state index contributed by atoms with van der Waals surface area (Å²) in [6.07, 6.45) is 0. The van der Waals surface area contributed by atoms with Gasteiger partial charge in [0.05, 0.1) is 15.3 Å². The van der Waals surface area contributed by atoms with E-state index in [1.165, 1.54) is 0 Å². The number of carboxylic acid groups (broad SMARTS) is 2. The summed E-state index contributed by atoms with van der Waals surface area (Å²) in [5.74, 6) is -2.17. The van der Waals surface area contributed by atoms with Gasteiger partial charge in [0.1, 0.15) is 0 Å². The van der Waals surface area contributed by atoms with Crippen molar-refractivity contribution in [1.29, 1.82) is 0 Å². The van der Waals surface area contributed by atoms with Crippen LogP contribution in [0.15, 0.2) is 0 Å². The first-order chi connectivity index (χ1) is 8.66. The molecule has 0 aliphatic carbocycles. The molecule has 0 rings (SSSR count). The van der Waals surface area contributed by atoms with Crippen LogP contribution in [0.2, 0.25) is 0 Å². The van der Waals surface area contributed by atoms with Crippen molar-refractivity contribution in [3.05, 3.63) is 46.0 Å². The van der Waals surface area contributed by atoms with E-state index in [0.717, 1.165) is 13.8 Å². The van der Waals surface area contributed by atoms with E-state index < -0.39 is 27.2 Å². The molecule has 0 radical (unpaired) electrons. The maximum Gasteiger partial charge on any atom is 3.00 e. The molecule has 18 heteroatoms. The molecule has 0 saturated heterocycles. The zero-order chi connectivity index (χ0) is 17.9. The van der Waals surface area contributed by atoms with Crippen molar-refractivity contribution in [3.8, 4) is 0 Å². The second-order valence-electron chi connectivity index (χ2n) is 1.65. The summed E-state index contributed by atoms with van der Waals surface area (Å²) in [7, 11) is 0. The molecule has 0 aliphatic heterocycles. The largest absolute Gasteiger partial charge is 3.00 e. The molecule has 0 heterocycles. The SMILES string of the molecule is CC(=O)[O-].CC(=O)[O-].O=[N+]([O-])[O-].O=[N+]([O-])[O-].O=[N+]([O-])[O-].[In+3].[Zn+2]. The van der Waals surface area contributed by atoms with Gasteiger partial charge in [0.15, 0.2) is 0 Å². The van der Waals surface area contributed by atoms with Crippen LogP contribution in [0.1, 0.15) is 13.8 Å². The number of carbonyl (C=O) groups excluding carboxylic acids is 2. The van der Waals surface area contributed by atoms with E-state index in [1.807, 2.05) is 0 Å². The first-order valence-electron chi connectivity index (χ1n) is 3.46. The van der Waals surface area contributed by atoms with Crippen LogP contribution in [0.3, 0.4) is 0 Å². The van der Waals surface area contributed by atoms with E-state index in [2.05, 4.69) is 0 Å². The molecular formula is C4H6InN3O13Zn. The minimum Gasteiger partial charge on any atom is -0.550 e. The predicted molar refractivity (Wildman–Crippen MR) is 58.2 cm³/mol. The van der Waals surface area contributed by atoms with Crippen LogP contribution in [0.4, 0.5) is 0 Å². The number of carbonyl (C=O) groups is 2. The zero-order valence-electron chi connectivity index (χ0n) is 10.9. The third-order valence-electron chi connectivity index (χ3n) is 0. The standard InChI is InChI=1S/2C2H4O2.In.3NO3.Zn/c2*1-2(3)4;;3*2-1(3)4;/h2*1H3,(H,3,4);;;;;/q;;+3;3*-1;+2/p-2. The molecule has 0 aliphatic rings. The molecule has 0 aromatic carbocycles. The van der Waals surface area contributed by atoms with Crippen molar-refractivity contribution in [2.75, 3.05) is 0 Å². The molecule has 0 unspecified atom stereocenters. The fraction of sp³-hybridized carbons (Fsp3) is 0.500. The van der Waals surface area contributed by atoms with E-state index >= 15 is 0 Å². The third kappa shape index (κ3) is 1350. The fourth-order valence-electron chi connectivity index (χ4n) is 0. The molecule has 120 valence electrons. The Bertz CT molecular complexity index is 222. The topological polar surface area (TPSA) is 279 Å². The number of rotatable bonds is 0. The van der Waals surface area contributed by atoms with Crippen molar-refractivity contribution in [1.82, 2.24) is 0 Å². The molecule has 0 bridgehead atoms. The molecule has 22 heavy (non-hydrogen) atoms. The summed E-state index contributed by atoms with van der Waals surface area (Å²) in [6.45, 7) is 1.94. The van der Waals surface area contributed by atoms with Gasteiger partial charge < -0.3 is 65.8 Å². The monoisotopic (exact) mass is 483 g/mol. The molecule has 0 fully saturated rings. The van der Waals surface area contributed by atoms with Crippen molar-refractivity contribution < 1.29 is 54.5 Å². The fourth-order valence-corrected chi connectivity index (χ4v) is 0. The summed E-state index contributed by atoms with van der Waals surface area (Å²) in [5, 5.41) is 62.0. The molecule has 0 spiro atoms. The first-order valence-corrected chi connectivity index (χ1v) is 3.46. The first kappa shape index (κ1) is 42.7. The van der Waals surface area contributed by atoms with Crippen molar-refractivity contribution in [2.45, 2.75) is 13.8 Å². The van der Waals surface area contributed by atoms with Crippen molar-refractivity contribution in [2.24, 2.45) is 0 Å². The minimum absolute atomic E-state index is 0. The summed E-state index contributed by atoms with van der Waals surface area (Å²) in [5.41, 5.74) is 0. The molecule has 0 saturated carbocycles. The maximum absolute atomic E-state index is 8.89. The Morgan fingerprint density at radius 1 is 0.636 bits per heavy atom. The summed E-state index contributed by atoms with van der Waals surface area (Å²) >= 11 is 0. The van der Waals surface area contributed by atoms with Gasteiger partial charge in [-0.25, -0.2) is 0 Å². The van der Waals surface area contributed by atoms with Gasteiger partial charge in [-0.3, -0.25) is 0 Å². The number of nitrogens with zero attached hydrogens (tertiary/aromatic N) is 3. The van der Waals surface area contributed by atoms with Crippen LogP contribution in [0, 0.1) is 46.0 Å². The summed E-state index contributed by atoms with van der Waals surface area (Å²) in [4.78, 5) is 42.5. The van der Waals surface area contributed by atoms with E-state index in [-0.39, 0.29) is 45.3 Å². The van der Waals surface area contributed by atoms with E-state index in [0.29, 0.717) is 0 Å². The van der Waals surface area contributed by atoms with Gasteiger partial charge >= 0.3 is 45.3 Å². The number of hydrogen-bond donors (Lipinski definition) is 0. The van der Waals surface area contributed by atoms with Gasteiger partial charge in [0.2, 0.25) is 0 Å². The van der Waals surface area contributed by atoms with E-state index in [9.17, 15) is 0 Å². The summed E-state index contributed by atoms with van der Waals surface area (Å²) < 4.78 is 0. The average Bonchev–Trinajstić information content (AvgIpc) is 1.94. The van der Waals surface area contributed by atoms with Gasteiger partial charge in [0.25, 0.3) is 0 Å². The van der Waals surface area contributed by atoms with Crippen LogP contribution in [0.5, 0.6) is 0 Å². The van der Waals surface area contributed by atoms with Crippen LogP contribution in [-0.4, -0.2) is 53.0 Å². The number of carboxylic acids is 2. The van der Waals surface area contributed by atoms with Crippen LogP contribution in [-0.2, 0) is 29.1 Å². The molecule has 0 amide bonds. The average molecular weight is 484 g/mol. The van der Waals surface area contributed by atoms with E-state index in [4.69, 9.17) is 65.8 Å². The summed E-state index contributed by atoms with van der Waals surface area (Å²) in [6, 6.07) is 0. The third-order valence-corrected chi connectivity index (χ3v) is 0. The molecule has 16 nitrogen and oxygen atoms in total. The molecule has 0 aromatic rings. The van der Waals surface area contributed by atoms with Crippen molar-refractivity contribution in [3.63, 3.8) is 0 Å². The normalized spacial score (nSPS) is 5.55. The quantitative estimate of drug-likeness (QED) is 0.183. The smallest absolute Gasteiger partial charge is 0.550 e. The Kier molecular flexibility index (Phi) is 70.8. The number of hydrogen-bond acceptors (Lipinski definition) is 13. The van der Waals surface area contributed by atoms with Gasteiger partial charge in [-0.2, -0.15) is 0 Å². The zero-order valence-corrected chi connectivity index (χ0v) is 17.2. The van der Waals surface area contributed by atoms with E-state index in [1.54, 1.807) is 0 Å². The predicted octanol–water partition coefficient (Wildman–Crippen LogP) is -3.59. The molecule has 0 atom stereocenters. The Labute approximate surface area is 152 Å². The number of aliphatic carboxylic acids is 2. The molecule has 0 aromatic heterocycles. The Morgan fingerprint density at radius 2 is 0.636 bits per heavy atom. The van der Waals surface area contributed by atoms with Crippen LogP contribution in [0.25, 0.3) is 0 Å². The maximum atomic E-state index is 8.89. The van der Waals surface area contributed by atoms with Gasteiger partial charge in [0, 0.05) is 11.9 Å². The van der Waals surface area contributed by atoms with Gasteiger partial charge in [-0.05, 0) is 13.8 Å². The minimum atomic E-state index is -1.75. The second kappa shape index (κ2) is 36.4. The Morgan fingerprint density at radius 3 is 0.636 bits per heavy atom.